The summed E-state index contributed by atoms with van der Waals surface area (Å²) in [7, 11) is 0. The molecule has 2 aromatic carbocycles. The third kappa shape index (κ3) is 6.26. The molecule has 6 heteroatoms. The summed E-state index contributed by atoms with van der Waals surface area (Å²) < 4.78 is 11.7. The Morgan fingerprint density at radius 2 is 2.04 bits per heavy atom. The Morgan fingerprint density at radius 3 is 2.73 bits per heavy atom. The Balaban J connectivity index is 1.88. The first-order valence-corrected chi connectivity index (χ1v) is 8.81. The summed E-state index contributed by atoms with van der Waals surface area (Å²) in [5.41, 5.74) is 4.32. The van der Waals surface area contributed by atoms with E-state index in [1.165, 1.54) is 11.8 Å². The monoisotopic (exact) mass is 414 g/mol. The van der Waals surface area contributed by atoms with Crippen LogP contribution in [-0.2, 0) is 11.2 Å². The maximum atomic E-state index is 11.8. The fourth-order valence-corrected chi connectivity index (χ4v) is 2.43. The smallest absolute Gasteiger partial charge is 0.277 e. The number of carbonyl (C=O) groups is 1. The van der Waals surface area contributed by atoms with Crippen LogP contribution in [0.3, 0.4) is 0 Å². The van der Waals surface area contributed by atoms with E-state index in [0.717, 1.165) is 10.9 Å². The van der Waals surface area contributed by atoms with Crippen molar-refractivity contribution in [2.75, 3.05) is 13.2 Å². The Labute approximate surface area is 161 Å². The first kappa shape index (κ1) is 19.5. The maximum absolute atomic E-state index is 11.8. The number of nitrogens with one attached hydrogen (secondary N) is 1. The highest BCUT2D eigenvalue weighted by atomic mass is 79.9. The molecule has 0 aliphatic heterocycles. The molecule has 0 aromatic heterocycles. The number of nitrogens with zero attached hydrogens (tertiary/aromatic N) is 1. The molecule has 26 heavy (non-hydrogen) atoms. The topological polar surface area (TPSA) is 59.9 Å². The average molecular weight is 415 g/mol. The highest BCUT2D eigenvalue weighted by molar-refractivity contribution is 9.10. The van der Waals surface area contributed by atoms with E-state index in [0.29, 0.717) is 17.1 Å². The lowest BCUT2D eigenvalue weighted by Crippen LogP contribution is -2.24. The number of ether oxygens (including phenoxy) is 2. The standard InChI is InChI=1S/C20H19BrN2O3/c1-3-11-25-19-10-7-17(21)12-16(19)13-22-23-20(24)14-26-18-8-5-15(4-2)6-9-18/h1,5-10,12-13H,4,11,14H2,2H3,(H,23,24)/b22-13-. The molecule has 1 N–H and O–H groups in total. The zero-order valence-corrected chi connectivity index (χ0v) is 16.0. The Morgan fingerprint density at radius 1 is 1.27 bits per heavy atom. The van der Waals surface area contributed by atoms with Gasteiger partial charge in [0.2, 0.25) is 0 Å². The van der Waals surface area contributed by atoms with Gasteiger partial charge in [0.25, 0.3) is 5.91 Å². The summed E-state index contributed by atoms with van der Waals surface area (Å²) in [6.07, 6.45) is 7.65. The SMILES string of the molecule is C#CCOc1ccc(Br)cc1/C=N\NC(=O)COc1ccc(CC)cc1. The van der Waals surface area contributed by atoms with Gasteiger partial charge >= 0.3 is 0 Å². The van der Waals surface area contributed by atoms with Crippen molar-refractivity contribution in [2.24, 2.45) is 5.10 Å². The third-order valence-electron chi connectivity index (χ3n) is 3.38. The normalized spacial score (nSPS) is 10.3. The minimum atomic E-state index is -0.359. The molecule has 0 aliphatic carbocycles. The van der Waals surface area contributed by atoms with Crippen molar-refractivity contribution >= 4 is 28.1 Å². The molecule has 0 aliphatic rings. The average Bonchev–Trinajstić information content (AvgIpc) is 2.66. The Bertz CT molecular complexity index is 811. The number of terminal acetylenes is 1. The number of hydrogen-bond acceptors (Lipinski definition) is 4. The van der Waals surface area contributed by atoms with Crippen molar-refractivity contribution in [3.8, 4) is 23.8 Å². The van der Waals surface area contributed by atoms with Crippen LogP contribution in [0, 0.1) is 12.3 Å². The third-order valence-corrected chi connectivity index (χ3v) is 3.87. The van der Waals surface area contributed by atoms with Gasteiger partial charge in [0.15, 0.2) is 6.61 Å². The molecule has 0 saturated heterocycles. The van der Waals surface area contributed by atoms with Crippen molar-refractivity contribution in [1.82, 2.24) is 5.43 Å². The van der Waals surface area contributed by atoms with E-state index in [4.69, 9.17) is 15.9 Å². The van der Waals surface area contributed by atoms with E-state index in [-0.39, 0.29) is 19.1 Å². The number of hydrazone groups is 1. The van der Waals surface area contributed by atoms with Gasteiger partial charge in [-0.05, 0) is 42.3 Å². The van der Waals surface area contributed by atoms with Crippen molar-refractivity contribution in [3.05, 3.63) is 58.1 Å². The maximum Gasteiger partial charge on any atom is 0.277 e. The number of rotatable bonds is 8. The zero-order valence-electron chi connectivity index (χ0n) is 14.4. The number of hydrogen-bond donors (Lipinski definition) is 1. The molecule has 0 spiro atoms. The van der Waals surface area contributed by atoms with E-state index >= 15 is 0 Å². The van der Waals surface area contributed by atoms with Crippen LogP contribution in [0.2, 0.25) is 0 Å². The van der Waals surface area contributed by atoms with E-state index in [9.17, 15) is 4.79 Å². The van der Waals surface area contributed by atoms with Crippen LogP contribution in [0.15, 0.2) is 52.0 Å². The van der Waals surface area contributed by atoms with Crippen molar-refractivity contribution in [1.29, 1.82) is 0 Å². The van der Waals surface area contributed by atoms with Crippen LogP contribution in [0.25, 0.3) is 0 Å². The molecule has 5 nitrogen and oxygen atoms in total. The summed E-state index contributed by atoms with van der Waals surface area (Å²) in [6, 6.07) is 13.0. The second-order valence-corrected chi connectivity index (χ2v) is 6.17. The molecule has 1 amide bonds. The minimum absolute atomic E-state index is 0.123. The van der Waals surface area contributed by atoms with Crippen LogP contribution >= 0.6 is 15.9 Å². The Kier molecular flexibility index (Phi) is 7.72. The largest absolute Gasteiger partial charge is 0.484 e. The lowest BCUT2D eigenvalue weighted by atomic mass is 10.2. The molecule has 2 aromatic rings. The molecule has 134 valence electrons. The van der Waals surface area contributed by atoms with E-state index in [1.54, 1.807) is 6.07 Å². The van der Waals surface area contributed by atoms with Gasteiger partial charge in [0, 0.05) is 10.0 Å². The van der Waals surface area contributed by atoms with Crippen molar-refractivity contribution in [2.45, 2.75) is 13.3 Å². The van der Waals surface area contributed by atoms with Gasteiger partial charge in [-0.15, -0.1) is 6.42 Å². The number of benzene rings is 2. The quantitative estimate of drug-likeness (QED) is 0.408. The van der Waals surface area contributed by atoms with Gasteiger partial charge < -0.3 is 9.47 Å². The molecule has 2 rings (SSSR count). The summed E-state index contributed by atoms with van der Waals surface area (Å²) >= 11 is 3.38. The van der Waals surface area contributed by atoms with Gasteiger partial charge in [0.1, 0.15) is 18.1 Å². The number of aryl methyl sites for hydroxylation is 1. The highest BCUT2D eigenvalue weighted by Gasteiger charge is 2.04. The van der Waals surface area contributed by atoms with E-state index in [1.807, 2.05) is 36.4 Å². The van der Waals surface area contributed by atoms with E-state index in [2.05, 4.69) is 39.3 Å². The highest BCUT2D eigenvalue weighted by Crippen LogP contribution is 2.21. The predicted octanol–water partition coefficient (Wildman–Crippen LogP) is 3.55. The molecular weight excluding hydrogens is 396 g/mol. The van der Waals surface area contributed by atoms with Gasteiger partial charge in [0.05, 0.1) is 6.21 Å². The van der Waals surface area contributed by atoms with Gasteiger partial charge in [-0.1, -0.05) is 40.9 Å². The number of amides is 1. The molecule has 0 heterocycles. The minimum Gasteiger partial charge on any atom is -0.484 e. The second kappa shape index (κ2) is 10.3. The van der Waals surface area contributed by atoms with Crippen LogP contribution in [0.1, 0.15) is 18.1 Å². The summed E-state index contributed by atoms with van der Waals surface area (Å²) in [5, 5.41) is 3.93. The lowest BCUT2D eigenvalue weighted by molar-refractivity contribution is -0.123. The number of halogens is 1. The summed E-state index contributed by atoms with van der Waals surface area (Å²) in [4.78, 5) is 11.8. The molecular formula is C20H19BrN2O3. The first-order valence-electron chi connectivity index (χ1n) is 8.02. The molecule has 0 fully saturated rings. The molecule has 0 atom stereocenters. The summed E-state index contributed by atoms with van der Waals surface area (Å²) in [5.74, 6) is 3.27. The van der Waals surface area contributed by atoms with Crippen molar-refractivity contribution < 1.29 is 14.3 Å². The second-order valence-electron chi connectivity index (χ2n) is 5.25. The predicted molar refractivity (Wildman–Crippen MR) is 106 cm³/mol. The molecule has 0 bridgehead atoms. The van der Waals surface area contributed by atoms with Gasteiger partial charge in [-0.25, -0.2) is 5.43 Å². The van der Waals surface area contributed by atoms with Gasteiger partial charge in [-0.2, -0.15) is 5.10 Å². The van der Waals surface area contributed by atoms with Crippen LogP contribution in [-0.4, -0.2) is 25.3 Å². The van der Waals surface area contributed by atoms with Crippen LogP contribution < -0.4 is 14.9 Å². The first-order chi connectivity index (χ1) is 12.6. The lowest BCUT2D eigenvalue weighted by Gasteiger charge is -2.07. The fourth-order valence-electron chi connectivity index (χ4n) is 2.05. The van der Waals surface area contributed by atoms with Crippen LogP contribution in [0.4, 0.5) is 0 Å². The fraction of sp³-hybridized carbons (Fsp3) is 0.200. The molecule has 0 radical (unpaired) electrons. The zero-order chi connectivity index (χ0) is 18.8. The van der Waals surface area contributed by atoms with Crippen LogP contribution in [0.5, 0.6) is 11.5 Å². The van der Waals surface area contributed by atoms with Gasteiger partial charge in [-0.3, -0.25) is 4.79 Å². The van der Waals surface area contributed by atoms with E-state index < -0.39 is 0 Å². The summed E-state index contributed by atoms with van der Waals surface area (Å²) in [6.45, 7) is 2.11. The van der Waals surface area contributed by atoms with Crippen molar-refractivity contribution in [3.63, 3.8) is 0 Å². The molecule has 0 saturated carbocycles. The number of carbonyl (C=O) groups excluding carboxylic acids is 1. The Hall–Kier alpha value is -2.78. The molecule has 0 unspecified atom stereocenters.